The zero-order chi connectivity index (χ0) is 23.7. The molecular formula is C26H27FN2O4. The van der Waals surface area contributed by atoms with Crippen LogP contribution >= 0.6 is 0 Å². The number of allylic oxidation sites excluding steroid dienone is 1. The number of rotatable bonds is 5. The van der Waals surface area contributed by atoms with Gasteiger partial charge in [-0.05, 0) is 56.0 Å². The molecule has 2 N–H and O–H groups in total. The van der Waals surface area contributed by atoms with Gasteiger partial charge in [-0.1, -0.05) is 12.1 Å². The second-order valence-corrected chi connectivity index (χ2v) is 8.44. The Balaban J connectivity index is 1.70. The molecule has 0 spiro atoms. The SMILES string of the molecule is COc1c(/C(C)=C/C(=O)N2CCC(C(N)=O)CC2)cc2c(-c3ccc(F)cc3)coc2c1C. The first-order valence-electron chi connectivity index (χ1n) is 10.9. The summed E-state index contributed by atoms with van der Waals surface area (Å²) in [5.41, 5.74) is 10.1. The van der Waals surface area contributed by atoms with E-state index in [1.807, 2.05) is 19.9 Å². The molecule has 1 aliphatic rings. The fourth-order valence-electron chi connectivity index (χ4n) is 4.46. The molecule has 1 aromatic heterocycles. The largest absolute Gasteiger partial charge is 0.496 e. The number of nitrogens with zero attached hydrogens (tertiary/aromatic N) is 1. The van der Waals surface area contributed by atoms with Gasteiger partial charge in [0.1, 0.15) is 17.1 Å². The third-order valence-electron chi connectivity index (χ3n) is 6.38. The van der Waals surface area contributed by atoms with E-state index < -0.39 is 0 Å². The van der Waals surface area contributed by atoms with Crippen molar-refractivity contribution in [3.63, 3.8) is 0 Å². The van der Waals surface area contributed by atoms with Gasteiger partial charge in [0.05, 0.1) is 13.4 Å². The molecule has 4 rings (SSSR count). The Morgan fingerprint density at radius 3 is 2.48 bits per heavy atom. The summed E-state index contributed by atoms with van der Waals surface area (Å²) in [7, 11) is 1.59. The number of fused-ring (bicyclic) bond motifs is 1. The molecule has 3 aromatic rings. The van der Waals surface area contributed by atoms with Crippen molar-refractivity contribution in [3.8, 4) is 16.9 Å². The Kier molecular flexibility index (Phi) is 6.22. The number of benzene rings is 2. The van der Waals surface area contributed by atoms with Crippen molar-refractivity contribution >= 4 is 28.4 Å². The van der Waals surface area contributed by atoms with Crippen molar-refractivity contribution < 1.29 is 23.1 Å². The fourth-order valence-corrected chi connectivity index (χ4v) is 4.46. The molecular weight excluding hydrogens is 423 g/mol. The summed E-state index contributed by atoms with van der Waals surface area (Å²) in [4.78, 5) is 26.0. The standard InChI is InChI=1S/C26H27FN2O4/c1-15(12-23(30)29-10-8-18(9-11-29)26(28)31)20-13-21-22(17-4-6-19(27)7-5-17)14-33-25(21)16(2)24(20)32-3/h4-7,12-14,18H,8-11H2,1-3H3,(H2,28,31)/b15-12+. The summed E-state index contributed by atoms with van der Waals surface area (Å²) >= 11 is 0. The maximum absolute atomic E-state index is 13.4. The van der Waals surface area contributed by atoms with Gasteiger partial charge in [-0.15, -0.1) is 0 Å². The average molecular weight is 451 g/mol. The lowest BCUT2D eigenvalue weighted by Gasteiger charge is -2.30. The van der Waals surface area contributed by atoms with Crippen LogP contribution < -0.4 is 10.5 Å². The van der Waals surface area contributed by atoms with E-state index >= 15 is 0 Å². The van der Waals surface area contributed by atoms with Gasteiger partial charge in [0, 0.05) is 47.2 Å². The molecule has 0 saturated carbocycles. The number of carbonyl (C=O) groups excluding carboxylic acids is 2. The third kappa shape index (κ3) is 4.35. The van der Waals surface area contributed by atoms with Crippen molar-refractivity contribution in [3.05, 3.63) is 59.6 Å². The van der Waals surface area contributed by atoms with Crippen LogP contribution in [0.1, 0.15) is 30.9 Å². The molecule has 0 unspecified atom stereocenters. The van der Waals surface area contributed by atoms with E-state index in [1.54, 1.807) is 36.5 Å². The van der Waals surface area contributed by atoms with Crippen LogP contribution in [0.5, 0.6) is 5.75 Å². The zero-order valence-corrected chi connectivity index (χ0v) is 19.0. The highest BCUT2D eigenvalue weighted by Crippen LogP contribution is 2.40. The smallest absolute Gasteiger partial charge is 0.246 e. The van der Waals surface area contributed by atoms with Crippen molar-refractivity contribution in [2.45, 2.75) is 26.7 Å². The highest BCUT2D eigenvalue weighted by molar-refractivity contribution is 6.01. The molecule has 6 nitrogen and oxygen atoms in total. The third-order valence-corrected chi connectivity index (χ3v) is 6.38. The van der Waals surface area contributed by atoms with Gasteiger partial charge in [-0.3, -0.25) is 9.59 Å². The van der Waals surface area contributed by atoms with E-state index in [2.05, 4.69) is 0 Å². The van der Waals surface area contributed by atoms with Crippen LogP contribution in [-0.2, 0) is 9.59 Å². The number of aryl methyl sites for hydroxylation is 1. The number of primary amides is 1. The van der Waals surface area contributed by atoms with Crippen molar-refractivity contribution in [2.24, 2.45) is 11.7 Å². The van der Waals surface area contributed by atoms with Gasteiger partial charge in [0.2, 0.25) is 11.8 Å². The molecule has 172 valence electrons. The molecule has 2 heterocycles. The Hall–Kier alpha value is -3.61. The Morgan fingerprint density at radius 1 is 1.21 bits per heavy atom. The highest BCUT2D eigenvalue weighted by Gasteiger charge is 2.25. The van der Waals surface area contributed by atoms with Crippen LogP contribution in [-0.4, -0.2) is 36.9 Å². The normalized spacial score (nSPS) is 15.2. The number of piperidine rings is 1. The van der Waals surface area contributed by atoms with E-state index in [1.165, 1.54) is 12.1 Å². The summed E-state index contributed by atoms with van der Waals surface area (Å²) < 4.78 is 24.9. The molecule has 1 saturated heterocycles. The van der Waals surface area contributed by atoms with Crippen LogP contribution in [0, 0.1) is 18.7 Å². The van der Waals surface area contributed by atoms with Gasteiger partial charge >= 0.3 is 0 Å². The summed E-state index contributed by atoms with van der Waals surface area (Å²) in [6, 6.07) is 8.19. The number of furan rings is 1. The molecule has 0 bridgehead atoms. The highest BCUT2D eigenvalue weighted by atomic mass is 19.1. The lowest BCUT2D eigenvalue weighted by Crippen LogP contribution is -2.41. The summed E-state index contributed by atoms with van der Waals surface area (Å²) in [6.45, 7) is 4.78. The monoisotopic (exact) mass is 450 g/mol. The Bertz CT molecular complexity index is 1240. The number of amides is 2. The second kappa shape index (κ2) is 9.10. The first-order valence-corrected chi connectivity index (χ1v) is 10.9. The van der Waals surface area contributed by atoms with E-state index in [0.29, 0.717) is 37.3 Å². The minimum atomic E-state index is -0.306. The number of hydrogen-bond donors (Lipinski definition) is 1. The van der Waals surface area contributed by atoms with E-state index in [-0.39, 0.29) is 23.5 Å². The molecule has 1 fully saturated rings. The van der Waals surface area contributed by atoms with Gasteiger partial charge in [0.25, 0.3) is 0 Å². The van der Waals surface area contributed by atoms with Crippen molar-refractivity contribution in [1.82, 2.24) is 4.90 Å². The zero-order valence-electron chi connectivity index (χ0n) is 19.0. The van der Waals surface area contributed by atoms with Crippen molar-refractivity contribution in [1.29, 1.82) is 0 Å². The quantitative estimate of drug-likeness (QED) is 0.572. The molecule has 7 heteroatoms. The van der Waals surface area contributed by atoms with Gasteiger partial charge in [0.15, 0.2) is 0 Å². The van der Waals surface area contributed by atoms with Crippen molar-refractivity contribution in [2.75, 3.05) is 20.2 Å². The van der Waals surface area contributed by atoms with E-state index in [4.69, 9.17) is 14.9 Å². The average Bonchev–Trinajstić information content (AvgIpc) is 3.23. The van der Waals surface area contributed by atoms with E-state index in [9.17, 15) is 14.0 Å². The summed E-state index contributed by atoms with van der Waals surface area (Å²) in [6.07, 6.45) is 4.42. The number of hydrogen-bond acceptors (Lipinski definition) is 4. The predicted molar refractivity (Wildman–Crippen MR) is 125 cm³/mol. The molecule has 0 atom stereocenters. The summed E-state index contributed by atoms with van der Waals surface area (Å²) in [5.74, 6) is -0.255. The number of carbonyl (C=O) groups is 2. The Morgan fingerprint density at radius 2 is 1.88 bits per heavy atom. The number of likely N-dealkylation sites (tertiary alicyclic amines) is 1. The number of ether oxygens (including phenoxy) is 1. The minimum absolute atomic E-state index is 0.110. The van der Waals surface area contributed by atoms with Gasteiger partial charge < -0.3 is 19.8 Å². The van der Waals surface area contributed by atoms with Crippen LogP contribution in [0.25, 0.3) is 27.7 Å². The van der Waals surface area contributed by atoms with Crippen LogP contribution in [0.3, 0.4) is 0 Å². The minimum Gasteiger partial charge on any atom is -0.496 e. The predicted octanol–water partition coefficient (Wildman–Crippen LogP) is 4.68. The fraction of sp³-hybridized carbons (Fsp3) is 0.308. The lowest BCUT2D eigenvalue weighted by molar-refractivity contribution is -0.130. The molecule has 33 heavy (non-hydrogen) atoms. The topological polar surface area (TPSA) is 85.8 Å². The van der Waals surface area contributed by atoms with Crippen LogP contribution in [0.2, 0.25) is 0 Å². The van der Waals surface area contributed by atoms with Gasteiger partial charge in [-0.2, -0.15) is 0 Å². The molecule has 0 aliphatic carbocycles. The first-order chi connectivity index (χ1) is 15.8. The van der Waals surface area contributed by atoms with Crippen LogP contribution in [0.15, 0.2) is 47.1 Å². The maximum Gasteiger partial charge on any atom is 0.246 e. The number of nitrogens with two attached hydrogens (primary N) is 1. The second-order valence-electron chi connectivity index (χ2n) is 8.44. The first kappa shape index (κ1) is 22.6. The van der Waals surface area contributed by atoms with Crippen LogP contribution in [0.4, 0.5) is 4.39 Å². The molecule has 2 aromatic carbocycles. The van der Waals surface area contributed by atoms with Gasteiger partial charge in [-0.25, -0.2) is 4.39 Å². The summed E-state index contributed by atoms with van der Waals surface area (Å²) in [5, 5.41) is 0.859. The maximum atomic E-state index is 13.4. The van der Waals surface area contributed by atoms with E-state index in [0.717, 1.165) is 33.2 Å². The molecule has 1 aliphatic heterocycles. The molecule has 2 amide bonds. The lowest BCUT2D eigenvalue weighted by atomic mass is 9.95. The number of halogens is 1. The Labute approximate surface area is 191 Å². The molecule has 0 radical (unpaired) electrons. The number of methoxy groups -OCH3 is 1.